The summed E-state index contributed by atoms with van der Waals surface area (Å²) in [5.74, 6) is 0.419. The van der Waals surface area contributed by atoms with Crippen molar-refractivity contribution in [2.45, 2.75) is 11.8 Å². The molecule has 0 atom stereocenters. The molecule has 21 heavy (non-hydrogen) atoms. The van der Waals surface area contributed by atoms with Crippen LogP contribution in [0.5, 0.6) is 5.75 Å². The summed E-state index contributed by atoms with van der Waals surface area (Å²) in [6.07, 6.45) is 0. The van der Waals surface area contributed by atoms with E-state index in [4.69, 9.17) is 22.1 Å². The van der Waals surface area contributed by atoms with Crippen LogP contribution in [0.15, 0.2) is 41.3 Å². The third-order valence-corrected chi connectivity index (χ3v) is 4.63. The number of para-hydroxylation sites is 1. The van der Waals surface area contributed by atoms with Crippen molar-refractivity contribution in [1.82, 2.24) is 0 Å². The first-order valence-corrected chi connectivity index (χ1v) is 7.92. The molecule has 0 heterocycles. The van der Waals surface area contributed by atoms with Gasteiger partial charge in [-0.05, 0) is 36.8 Å². The third kappa shape index (κ3) is 3.22. The first kappa shape index (κ1) is 15.5. The largest absolute Gasteiger partial charge is 0.495 e. The van der Waals surface area contributed by atoms with Crippen LogP contribution in [0.4, 0.5) is 11.4 Å². The summed E-state index contributed by atoms with van der Waals surface area (Å²) in [4.78, 5) is 0.0418. The highest BCUT2D eigenvalue weighted by molar-refractivity contribution is 7.92. The number of benzene rings is 2. The second-order valence-corrected chi connectivity index (χ2v) is 6.53. The van der Waals surface area contributed by atoms with Crippen LogP contribution in [-0.4, -0.2) is 15.5 Å². The van der Waals surface area contributed by atoms with Gasteiger partial charge >= 0.3 is 0 Å². The predicted octanol–water partition coefficient (Wildman–Crippen LogP) is 3.04. The van der Waals surface area contributed by atoms with Crippen molar-refractivity contribution in [1.29, 1.82) is 0 Å². The molecule has 7 heteroatoms. The third-order valence-electron chi connectivity index (χ3n) is 2.97. The Labute approximate surface area is 128 Å². The minimum absolute atomic E-state index is 0.0418. The van der Waals surface area contributed by atoms with E-state index < -0.39 is 10.0 Å². The number of nitrogen functional groups attached to an aromatic ring is 1. The summed E-state index contributed by atoms with van der Waals surface area (Å²) in [6.45, 7) is 1.77. The van der Waals surface area contributed by atoms with E-state index >= 15 is 0 Å². The van der Waals surface area contributed by atoms with E-state index in [1.165, 1.54) is 25.3 Å². The Morgan fingerprint density at radius 3 is 2.52 bits per heavy atom. The van der Waals surface area contributed by atoms with E-state index in [1.54, 1.807) is 25.1 Å². The number of rotatable bonds is 4. The molecule has 0 unspecified atom stereocenters. The smallest absolute Gasteiger partial charge is 0.262 e. The molecule has 0 radical (unpaired) electrons. The molecule has 0 fully saturated rings. The number of halogens is 1. The van der Waals surface area contributed by atoms with Gasteiger partial charge in [-0.1, -0.05) is 23.7 Å². The summed E-state index contributed by atoms with van der Waals surface area (Å²) in [5.41, 5.74) is 7.07. The topological polar surface area (TPSA) is 81.4 Å². The zero-order chi connectivity index (χ0) is 15.6. The number of ether oxygens (including phenoxy) is 1. The lowest BCUT2D eigenvalue weighted by molar-refractivity contribution is 0.416. The fourth-order valence-electron chi connectivity index (χ4n) is 1.83. The van der Waals surface area contributed by atoms with Crippen molar-refractivity contribution in [2.75, 3.05) is 17.6 Å². The molecule has 2 rings (SSSR count). The van der Waals surface area contributed by atoms with Crippen molar-refractivity contribution in [3.63, 3.8) is 0 Å². The lowest BCUT2D eigenvalue weighted by Gasteiger charge is -2.13. The second kappa shape index (κ2) is 5.83. The summed E-state index contributed by atoms with van der Waals surface area (Å²) < 4.78 is 32.3. The molecule has 0 spiro atoms. The number of aryl methyl sites for hydroxylation is 1. The standard InChI is InChI=1S/C14H15ClN2O3S/c1-9-4-3-5-11(15)14(9)17-21(18,19)10-6-7-13(20-2)12(16)8-10/h3-8,17H,16H2,1-2H3. The van der Waals surface area contributed by atoms with Gasteiger partial charge in [-0.15, -0.1) is 0 Å². The van der Waals surface area contributed by atoms with Crippen molar-refractivity contribution in [2.24, 2.45) is 0 Å². The Balaban J connectivity index is 2.41. The first-order chi connectivity index (χ1) is 9.85. The molecule has 3 N–H and O–H groups in total. The van der Waals surface area contributed by atoms with E-state index in [2.05, 4.69) is 4.72 Å². The fourth-order valence-corrected chi connectivity index (χ4v) is 3.35. The van der Waals surface area contributed by atoms with Crippen LogP contribution in [0, 0.1) is 6.92 Å². The normalized spacial score (nSPS) is 11.2. The van der Waals surface area contributed by atoms with Gasteiger partial charge < -0.3 is 10.5 Å². The lowest BCUT2D eigenvalue weighted by Crippen LogP contribution is -2.14. The van der Waals surface area contributed by atoms with Crippen LogP contribution in [-0.2, 0) is 10.0 Å². The molecule has 2 aromatic rings. The monoisotopic (exact) mass is 326 g/mol. The molecular weight excluding hydrogens is 312 g/mol. The summed E-state index contributed by atoms with van der Waals surface area (Å²) >= 11 is 6.03. The Morgan fingerprint density at radius 2 is 1.95 bits per heavy atom. The quantitative estimate of drug-likeness (QED) is 0.846. The molecule has 0 aromatic heterocycles. The molecule has 0 aliphatic carbocycles. The van der Waals surface area contributed by atoms with Gasteiger partial charge in [0.2, 0.25) is 0 Å². The lowest BCUT2D eigenvalue weighted by atomic mass is 10.2. The minimum atomic E-state index is -3.78. The number of hydrogen-bond donors (Lipinski definition) is 2. The average Bonchev–Trinajstić information content (AvgIpc) is 2.43. The van der Waals surface area contributed by atoms with E-state index in [-0.39, 0.29) is 10.6 Å². The Bertz CT molecular complexity index is 756. The van der Waals surface area contributed by atoms with Gasteiger partial charge in [-0.2, -0.15) is 0 Å². The van der Waals surface area contributed by atoms with E-state index in [0.717, 1.165) is 5.56 Å². The average molecular weight is 327 g/mol. The number of sulfonamides is 1. The summed E-state index contributed by atoms with van der Waals surface area (Å²) in [5, 5.41) is 0.333. The Hall–Kier alpha value is -1.92. The SMILES string of the molecule is COc1ccc(S(=O)(=O)Nc2c(C)cccc2Cl)cc1N. The summed E-state index contributed by atoms with van der Waals surface area (Å²) in [6, 6.07) is 9.40. The Morgan fingerprint density at radius 1 is 1.24 bits per heavy atom. The van der Waals surface area contributed by atoms with Crippen LogP contribution < -0.4 is 15.2 Å². The number of hydrogen-bond acceptors (Lipinski definition) is 4. The molecular formula is C14H15ClN2O3S. The van der Waals surface area contributed by atoms with Crippen LogP contribution in [0.25, 0.3) is 0 Å². The predicted molar refractivity (Wildman–Crippen MR) is 84.4 cm³/mol. The highest BCUT2D eigenvalue weighted by Crippen LogP contribution is 2.30. The molecule has 0 aliphatic heterocycles. The maximum absolute atomic E-state index is 12.4. The fraction of sp³-hybridized carbons (Fsp3) is 0.143. The molecule has 0 saturated heterocycles. The van der Waals surface area contributed by atoms with Crippen molar-refractivity contribution in [3.8, 4) is 5.75 Å². The van der Waals surface area contributed by atoms with Crippen LogP contribution in [0.3, 0.4) is 0 Å². The van der Waals surface area contributed by atoms with E-state index in [9.17, 15) is 8.42 Å². The van der Waals surface area contributed by atoms with Gasteiger partial charge in [0.25, 0.3) is 10.0 Å². The first-order valence-electron chi connectivity index (χ1n) is 6.06. The van der Waals surface area contributed by atoms with Crippen LogP contribution in [0.1, 0.15) is 5.56 Å². The second-order valence-electron chi connectivity index (χ2n) is 4.44. The van der Waals surface area contributed by atoms with Gasteiger partial charge in [-0.3, -0.25) is 4.72 Å². The van der Waals surface area contributed by atoms with Crippen molar-refractivity contribution < 1.29 is 13.2 Å². The van der Waals surface area contributed by atoms with Gasteiger partial charge in [-0.25, -0.2) is 8.42 Å². The van der Waals surface area contributed by atoms with E-state index in [1.807, 2.05) is 0 Å². The van der Waals surface area contributed by atoms with Crippen molar-refractivity contribution in [3.05, 3.63) is 47.0 Å². The molecule has 0 amide bonds. The van der Waals surface area contributed by atoms with Gasteiger partial charge in [0.1, 0.15) is 5.75 Å². The van der Waals surface area contributed by atoms with Gasteiger partial charge in [0, 0.05) is 0 Å². The zero-order valence-corrected chi connectivity index (χ0v) is 13.1. The Kier molecular flexibility index (Phi) is 4.29. The van der Waals surface area contributed by atoms with Crippen LogP contribution >= 0.6 is 11.6 Å². The summed E-state index contributed by atoms with van der Waals surface area (Å²) in [7, 11) is -2.31. The highest BCUT2D eigenvalue weighted by Gasteiger charge is 2.18. The van der Waals surface area contributed by atoms with E-state index in [0.29, 0.717) is 16.5 Å². The van der Waals surface area contributed by atoms with Gasteiger partial charge in [0.15, 0.2) is 0 Å². The van der Waals surface area contributed by atoms with Crippen LogP contribution in [0.2, 0.25) is 5.02 Å². The number of nitrogens with one attached hydrogen (secondary N) is 1. The highest BCUT2D eigenvalue weighted by atomic mass is 35.5. The maximum Gasteiger partial charge on any atom is 0.262 e. The number of anilines is 2. The molecule has 112 valence electrons. The number of nitrogens with two attached hydrogens (primary N) is 1. The van der Waals surface area contributed by atoms with Crippen molar-refractivity contribution >= 4 is 33.0 Å². The van der Waals surface area contributed by atoms with Gasteiger partial charge in [0.05, 0.1) is 28.4 Å². The number of methoxy groups -OCH3 is 1. The minimum Gasteiger partial charge on any atom is -0.495 e. The molecule has 2 aromatic carbocycles. The molecule has 0 bridgehead atoms. The maximum atomic E-state index is 12.4. The molecule has 0 saturated carbocycles. The zero-order valence-electron chi connectivity index (χ0n) is 11.6. The molecule has 5 nitrogen and oxygen atoms in total. The molecule has 0 aliphatic rings.